The lowest BCUT2D eigenvalue weighted by Gasteiger charge is -2.36. The van der Waals surface area contributed by atoms with Gasteiger partial charge in [0.25, 0.3) is 0 Å². The van der Waals surface area contributed by atoms with Crippen molar-refractivity contribution in [3.63, 3.8) is 0 Å². The van der Waals surface area contributed by atoms with Crippen molar-refractivity contribution in [1.29, 1.82) is 0 Å². The Morgan fingerprint density at radius 2 is 0.746 bits per heavy atom. The molecule has 1 aliphatic rings. The van der Waals surface area contributed by atoms with Crippen molar-refractivity contribution in [2.45, 2.75) is 47.0 Å². The summed E-state index contributed by atoms with van der Waals surface area (Å²) in [4.78, 5) is 4.95. The number of aryl methyl sites for hydroxylation is 6. The van der Waals surface area contributed by atoms with Gasteiger partial charge in [-0.15, -0.1) is 0 Å². The molecule has 0 atom stereocenters. The zero-order valence-electron chi connectivity index (χ0n) is 40.8. The SMILES string of the molecule is Cc1ccc(C)c(N(c2ccccc2C)c2cc3c(c4c2oc2ccccc24)-c2c(cc(N(c4ccccc4C)c4cc(C)ccc4C)c4c2oc2ccccc24)C3(c2ccccc2)c2ccccc2)c1. The number of para-hydroxylation sites is 4. The fourth-order valence-corrected chi connectivity index (χ4v) is 11.8. The van der Waals surface area contributed by atoms with E-state index in [9.17, 15) is 0 Å². The molecule has 0 spiro atoms. The van der Waals surface area contributed by atoms with Gasteiger partial charge in [-0.05, 0) is 146 Å². The molecular formula is C67H52N2O2. The maximum atomic E-state index is 7.49. The molecule has 0 saturated carbocycles. The van der Waals surface area contributed by atoms with Crippen molar-refractivity contribution in [2.24, 2.45) is 0 Å². The van der Waals surface area contributed by atoms with Crippen LogP contribution in [0.2, 0.25) is 0 Å². The first kappa shape index (κ1) is 42.5. The molecule has 0 radical (unpaired) electrons. The quantitative estimate of drug-likeness (QED) is 0.152. The molecule has 0 amide bonds. The molecule has 4 nitrogen and oxygen atoms in total. The Labute approximate surface area is 414 Å². The van der Waals surface area contributed by atoms with Gasteiger partial charge in [0.2, 0.25) is 0 Å². The third-order valence-corrected chi connectivity index (χ3v) is 15.1. The summed E-state index contributed by atoms with van der Waals surface area (Å²) in [5.74, 6) is 0. The lowest BCUT2D eigenvalue weighted by Crippen LogP contribution is -2.29. The first-order chi connectivity index (χ1) is 34.7. The van der Waals surface area contributed by atoms with Gasteiger partial charge in [-0.1, -0.05) is 158 Å². The second kappa shape index (κ2) is 16.3. The van der Waals surface area contributed by atoms with Crippen LogP contribution in [-0.4, -0.2) is 0 Å². The van der Waals surface area contributed by atoms with Gasteiger partial charge in [0.15, 0.2) is 5.58 Å². The highest BCUT2D eigenvalue weighted by Gasteiger charge is 2.50. The van der Waals surface area contributed by atoms with Crippen LogP contribution in [0.3, 0.4) is 0 Å². The van der Waals surface area contributed by atoms with Crippen LogP contribution >= 0.6 is 0 Å². The maximum absolute atomic E-state index is 7.49. The van der Waals surface area contributed by atoms with Crippen molar-refractivity contribution in [3.8, 4) is 11.1 Å². The van der Waals surface area contributed by atoms with E-state index in [-0.39, 0.29) is 0 Å². The molecule has 0 fully saturated rings. The Bertz CT molecular complexity index is 4040. The Morgan fingerprint density at radius 1 is 0.324 bits per heavy atom. The average Bonchev–Trinajstić information content (AvgIpc) is 4.07. The third-order valence-electron chi connectivity index (χ3n) is 15.1. The standard InChI is InChI=1S/C67H52N2O2/c1-41-33-35-45(5)55(37-41)68(53-29-17-13-21-43(53)3)57-39-52-64(66-61(57)49-27-15-19-31-59(49)71-66)63-51(67(52,47-23-9-7-10-24-47)48-25-11-8-12-26-48)40-58(65-62(63)50-28-16-20-32-60(50)70-65)69(54-30-18-14-22-44(54)4)56-38-42(2)34-36-46(56)6/h7-40H,1-6H3. The zero-order chi connectivity index (χ0) is 48.1. The summed E-state index contributed by atoms with van der Waals surface area (Å²) in [6.45, 7) is 13.2. The second-order valence-corrected chi connectivity index (χ2v) is 19.5. The summed E-state index contributed by atoms with van der Waals surface area (Å²) in [6.07, 6.45) is 0. The predicted octanol–water partition coefficient (Wildman–Crippen LogP) is 18.6. The Balaban J connectivity index is 1.29. The molecule has 0 unspecified atom stereocenters. The number of furan rings is 2. The van der Waals surface area contributed by atoms with E-state index in [0.717, 1.165) is 117 Å². The highest BCUT2D eigenvalue weighted by atomic mass is 16.3. The van der Waals surface area contributed by atoms with E-state index < -0.39 is 5.41 Å². The molecule has 342 valence electrons. The molecule has 71 heavy (non-hydrogen) atoms. The molecular weight excluding hydrogens is 865 g/mol. The van der Waals surface area contributed by atoms with Gasteiger partial charge in [-0.2, -0.15) is 0 Å². The normalized spacial score (nSPS) is 12.8. The second-order valence-electron chi connectivity index (χ2n) is 19.5. The summed E-state index contributed by atoms with van der Waals surface area (Å²) < 4.78 is 14.8. The van der Waals surface area contributed by atoms with Crippen LogP contribution in [0, 0.1) is 41.5 Å². The molecule has 2 aromatic heterocycles. The highest BCUT2D eigenvalue weighted by molar-refractivity contribution is 6.26. The lowest BCUT2D eigenvalue weighted by atomic mass is 9.67. The van der Waals surface area contributed by atoms with Gasteiger partial charge in [0.1, 0.15) is 16.7 Å². The third kappa shape index (κ3) is 6.30. The van der Waals surface area contributed by atoms with Crippen LogP contribution in [0.25, 0.3) is 55.0 Å². The van der Waals surface area contributed by atoms with Crippen LogP contribution in [0.1, 0.15) is 55.6 Å². The molecule has 13 rings (SSSR count). The number of rotatable bonds is 8. The average molecular weight is 917 g/mol. The fourth-order valence-electron chi connectivity index (χ4n) is 11.8. The number of fused-ring (bicyclic) bond motifs is 11. The topological polar surface area (TPSA) is 32.8 Å². The number of benzene rings is 10. The minimum absolute atomic E-state index is 0.822. The summed E-state index contributed by atoms with van der Waals surface area (Å²) in [6, 6.07) is 75.5. The summed E-state index contributed by atoms with van der Waals surface area (Å²) in [5.41, 5.74) is 22.8. The monoisotopic (exact) mass is 916 g/mol. The maximum Gasteiger partial charge on any atom is 0.160 e. The first-order valence-corrected chi connectivity index (χ1v) is 24.7. The predicted molar refractivity (Wildman–Crippen MR) is 296 cm³/mol. The zero-order valence-corrected chi connectivity index (χ0v) is 40.8. The fraction of sp³-hybridized carbons (Fsp3) is 0.104. The van der Waals surface area contributed by atoms with Gasteiger partial charge in [0.05, 0.1) is 22.2 Å². The van der Waals surface area contributed by atoms with E-state index >= 15 is 0 Å². The lowest BCUT2D eigenvalue weighted by molar-refractivity contribution is 0.668. The van der Waals surface area contributed by atoms with Gasteiger partial charge in [0, 0.05) is 50.0 Å². The first-order valence-electron chi connectivity index (χ1n) is 24.7. The van der Waals surface area contributed by atoms with Crippen molar-refractivity contribution < 1.29 is 8.83 Å². The van der Waals surface area contributed by atoms with Crippen LogP contribution in [-0.2, 0) is 5.41 Å². The van der Waals surface area contributed by atoms with Crippen molar-refractivity contribution in [1.82, 2.24) is 0 Å². The van der Waals surface area contributed by atoms with Gasteiger partial charge in [-0.3, -0.25) is 0 Å². The molecule has 0 saturated heterocycles. The van der Waals surface area contributed by atoms with Crippen molar-refractivity contribution in [3.05, 3.63) is 262 Å². The van der Waals surface area contributed by atoms with E-state index in [4.69, 9.17) is 8.83 Å². The number of hydrogen-bond donors (Lipinski definition) is 0. The smallest absolute Gasteiger partial charge is 0.160 e. The molecule has 10 aromatic carbocycles. The Morgan fingerprint density at radius 3 is 1.30 bits per heavy atom. The van der Waals surface area contributed by atoms with Crippen molar-refractivity contribution in [2.75, 3.05) is 9.80 Å². The number of nitrogens with zero attached hydrogens (tertiary/aromatic N) is 2. The largest absolute Gasteiger partial charge is 0.455 e. The van der Waals surface area contributed by atoms with Crippen LogP contribution in [0.15, 0.2) is 215 Å². The van der Waals surface area contributed by atoms with Gasteiger partial charge in [-0.25, -0.2) is 0 Å². The Kier molecular flexibility index (Phi) is 9.73. The van der Waals surface area contributed by atoms with Gasteiger partial charge < -0.3 is 18.6 Å². The summed E-state index contributed by atoms with van der Waals surface area (Å²) in [5, 5.41) is 4.24. The highest BCUT2D eigenvalue weighted by Crippen LogP contribution is 2.64. The number of anilines is 6. The van der Waals surface area contributed by atoms with E-state index in [0.29, 0.717) is 0 Å². The van der Waals surface area contributed by atoms with Crippen LogP contribution < -0.4 is 9.80 Å². The minimum Gasteiger partial charge on any atom is -0.455 e. The van der Waals surface area contributed by atoms with E-state index in [2.05, 4.69) is 258 Å². The molecule has 0 bridgehead atoms. The Hall–Kier alpha value is -8.60. The molecule has 1 aliphatic carbocycles. The number of hydrogen-bond acceptors (Lipinski definition) is 4. The molecule has 2 heterocycles. The van der Waals surface area contributed by atoms with Crippen LogP contribution in [0.4, 0.5) is 34.1 Å². The van der Waals surface area contributed by atoms with Crippen LogP contribution in [0.5, 0.6) is 0 Å². The van der Waals surface area contributed by atoms with Crippen molar-refractivity contribution >= 4 is 78.0 Å². The molecule has 4 heteroatoms. The molecule has 12 aromatic rings. The van der Waals surface area contributed by atoms with Gasteiger partial charge >= 0.3 is 0 Å². The molecule has 0 aliphatic heterocycles. The molecule has 0 N–H and O–H groups in total. The van der Waals surface area contributed by atoms with E-state index in [1.165, 1.54) is 27.8 Å². The van der Waals surface area contributed by atoms with E-state index in [1.54, 1.807) is 0 Å². The summed E-state index contributed by atoms with van der Waals surface area (Å²) >= 11 is 0. The minimum atomic E-state index is -0.853. The summed E-state index contributed by atoms with van der Waals surface area (Å²) in [7, 11) is 0. The van der Waals surface area contributed by atoms with E-state index in [1.807, 2.05) is 0 Å².